The van der Waals surface area contributed by atoms with Gasteiger partial charge in [-0.2, -0.15) is 8.78 Å². The maximum Gasteiger partial charge on any atom is 0.314 e. The fourth-order valence-corrected chi connectivity index (χ4v) is 4.21. The smallest absolute Gasteiger partial charge is 0.314 e. The molecule has 1 fully saturated rings. The monoisotopic (exact) mass is 446 g/mol. The first kappa shape index (κ1) is 19.9. The van der Waals surface area contributed by atoms with Gasteiger partial charge in [0.2, 0.25) is 5.89 Å². The lowest BCUT2D eigenvalue weighted by Crippen LogP contribution is -2.35. The van der Waals surface area contributed by atoms with Gasteiger partial charge in [-0.1, -0.05) is 11.3 Å². The molecular weight excluding hydrogens is 429 g/mol. The van der Waals surface area contributed by atoms with Crippen molar-refractivity contribution in [2.24, 2.45) is 0 Å². The Morgan fingerprint density at radius 1 is 1.06 bits per heavy atom. The average Bonchev–Trinajstić information content (AvgIpc) is 3.46. The van der Waals surface area contributed by atoms with Crippen LogP contribution in [0.15, 0.2) is 40.3 Å². The summed E-state index contributed by atoms with van der Waals surface area (Å²) in [4.78, 5) is 3.67. The third kappa shape index (κ3) is 4.23. The first-order valence-electron chi connectivity index (χ1n) is 9.66. The number of hydrogen-bond donors (Lipinski definition) is 0. The van der Waals surface area contributed by atoms with E-state index in [1.165, 1.54) is 23.4 Å². The van der Waals surface area contributed by atoms with E-state index in [0.29, 0.717) is 5.56 Å². The van der Waals surface area contributed by atoms with Crippen LogP contribution in [0, 0.1) is 5.82 Å². The predicted molar refractivity (Wildman–Crippen MR) is 107 cm³/mol. The lowest BCUT2D eigenvalue weighted by Gasteiger charge is -2.29. The number of thiophene rings is 1. The second kappa shape index (κ2) is 8.23. The van der Waals surface area contributed by atoms with E-state index in [4.69, 9.17) is 4.42 Å². The molecule has 0 N–H and O–H groups in total. The minimum absolute atomic E-state index is 0.157. The third-order valence-electron chi connectivity index (χ3n) is 5.08. The number of nitrogens with zero attached hydrogens (tertiary/aromatic N) is 6. The second-order valence-corrected chi connectivity index (χ2v) is 8.28. The molecule has 7 nitrogen and oxygen atoms in total. The Balaban J connectivity index is 1.28. The van der Waals surface area contributed by atoms with E-state index < -0.39 is 18.1 Å². The zero-order chi connectivity index (χ0) is 21.4. The topological polar surface area (TPSA) is 72.9 Å². The van der Waals surface area contributed by atoms with Crippen LogP contribution in [0.2, 0.25) is 0 Å². The van der Waals surface area contributed by atoms with Crippen molar-refractivity contribution >= 4 is 11.3 Å². The van der Waals surface area contributed by atoms with E-state index in [9.17, 15) is 13.2 Å². The largest absolute Gasteiger partial charge is 0.415 e. The van der Waals surface area contributed by atoms with Crippen molar-refractivity contribution in [3.63, 3.8) is 0 Å². The van der Waals surface area contributed by atoms with E-state index in [0.717, 1.165) is 30.9 Å². The summed E-state index contributed by atoms with van der Waals surface area (Å²) in [7, 11) is 0. The number of aromatic nitrogens is 5. The number of likely N-dealkylation sites (tertiary alicyclic amines) is 1. The van der Waals surface area contributed by atoms with Crippen molar-refractivity contribution < 1.29 is 17.6 Å². The first-order chi connectivity index (χ1) is 15.0. The van der Waals surface area contributed by atoms with E-state index in [-0.39, 0.29) is 18.0 Å². The number of hydrogen-bond acceptors (Lipinski definition) is 7. The van der Waals surface area contributed by atoms with Crippen LogP contribution in [-0.4, -0.2) is 43.2 Å². The summed E-state index contributed by atoms with van der Waals surface area (Å²) in [6, 6.07) is 6.37. The SMILES string of the molecule is Fc1cc(-c2nnc(C(F)F)o2)ccc1Cn1cc(-c2csc(CN3CCC3)c2)nn1. The Hall–Kier alpha value is -3.05. The lowest BCUT2D eigenvalue weighted by molar-refractivity contribution is 0.116. The summed E-state index contributed by atoms with van der Waals surface area (Å²) in [6.45, 7) is 3.42. The van der Waals surface area contributed by atoms with Gasteiger partial charge < -0.3 is 4.42 Å². The number of benzene rings is 1. The molecule has 0 amide bonds. The fourth-order valence-electron chi connectivity index (χ4n) is 3.29. The highest BCUT2D eigenvalue weighted by atomic mass is 32.1. The molecule has 3 aromatic heterocycles. The molecule has 1 saturated heterocycles. The maximum absolute atomic E-state index is 14.6. The molecule has 0 atom stereocenters. The molecule has 160 valence electrons. The fraction of sp³-hybridized carbons (Fsp3) is 0.300. The molecule has 4 heterocycles. The highest BCUT2D eigenvalue weighted by molar-refractivity contribution is 7.10. The zero-order valence-electron chi connectivity index (χ0n) is 16.2. The molecule has 0 unspecified atom stereocenters. The minimum Gasteiger partial charge on any atom is -0.415 e. The van der Waals surface area contributed by atoms with Gasteiger partial charge in [0.15, 0.2) is 0 Å². The summed E-state index contributed by atoms with van der Waals surface area (Å²) >= 11 is 1.70. The van der Waals surface area contributed by atoms with Gasteiger partial charge in [0, 0.05) is 33.5 Å². The second-order valence-electron chi connectivity index (χ2n) is 7.29. The highest BCUT2D eigenvalue weighted by Crippen LogP contribution is 2.27. The van der Waals surface area contributed by atoms with Crippen molar-refractivity contribution in [2.45, 2.75) is 25.9 Å². The zero-order valence-corrected chi connectivity index (χ0v) is 17.0. The van der Waals surface area contributed by atoms with Crippen molar-refractivity contribution in [1.82, 2.24) is 30.1 Å². The Morgan fingerprint density at radius 2 is 1.94 bits per heavy atom. The molecule has 5 rings (SSSR count). The molecule has 0 saturated carbocycles. The molecule has 4 aromatic rings. The Bertz CT molecular complexity index is 1200. The maximum atomic E-state index is 14.6. The molecule has 0 radical (unpaired) electrons. The predicted octanol–water partition coefficient (Wildman–Crippen LogP) is 4.39. The Kier molecular flexibility index (Phi) is 5.28. The first-order valence-corrected chi connectivity index (χ1v) is 10.5. The van der Waals surface area contributed by atoms with Crippen LogP contribution in [0.4, 0.5) is 13.2 Å². The van der Waals surface area contributed by atoms with E-state index in [1.54, 1.807) is 28.3 Å². The van der Waals surface area contributed by atoms with E-state index >= 15 is 0 Å². The van der Waals surface area contributed by atoms with Gasteiger partial charge in [0.25, 0.3) is 5.89 Å². The highest BCUT2D eigenvalue weighted by Gasteiger charge is 2.18. The van der Waals surface area contributed by atoms with Crippen LogP contribution >= 0.6 is 11.3 Å². The number of rotatable bonds is 7. The molecule has 1 aliphatic heterocycles. The molecule has 31 heavy (non-hydrogen) atoms. The molecule has 0 aliphatic carbocycles. The van der Waals surface area contributed by atoms with Gasteiger partial charge in [-0.15, -0.1) is 26.6 Å². The van der Waals surface area contributed by atoms with Crippen molar-refractivity contribution in [2.75, 3.05) is 13.1 Å². The standard InChI is InChI=1S/C20H17F3N6OS/c21-16-7-12(19-25-26-20(30-19)18(22)23)2-3-13(16)8-29-10-17(24-27-29)14-6-15(31-11-14)9-28-4-1-5-28/h2-3,6-7,10-11,18H,1,4-5,8-9H2. The molecule has 0 bridgehead atoms. The van der Waals surface area contributed by atoms with Crippen LogP contribution in [0.25, 0.3) is 22.7 Å². The van der Waals surface area contributed by atoms with Gasteiger partial charge in [0.05, 0.1) is 12.7 Å². The van der Waals surface area contributed by atoms with E-state index in [2.05, 4.69) is 36.9 Å². The van der Waals surface area contributed by atoms with Gasteiger partial charge in [-0.05, 0) is 37.7 Å². The van der Waals surface area contributed by atoms with Gasteiger partial charge in [-0.25, -0.2) is 9.07 Å². The molecule has 1 aromatic carbocycles. The number of alkyl halides is 2. The van der Waals surface area contributed by atoms with Crippen LogP contribution in [0.5, 0.6) is 0 Å². The Labute approximate surface area is 179 Å². The van der Waals surface area contributed by atoms with Crippen LogP contribution < -0.4 is 0 Å². The van der Waals surface area contributed by atoms with Gasteiger partial charge >= 0.3 is 6.43 Å². The van der Waals surface area contributed by atoms with Crippen LogP contribution in [0.1, 0.15) is 29.2 Å². The summed E-state index contributed by atoms with van der Waals surface area (Å²) in [5.41, 5.74) is 2.33. The van der Waals surface area contributed by atoms with Gasteiger partial charge in [-0.3, -0.25) is 4.90 Å². The molecular formula is C20H17F3N6OS. The van der Waals surface area contributed by atoms with Crippen LogP contribution in [-0.2, 0) is 13.1 Å². The quantitative estimate of drug-likeness (QED) is 0.419. The molecule has 0 spiro atoms. The summed E-state index contributed by atoms with van der Waals surface area (Å²) in [6.07, 6.45) is 0.160. The van der Waals surface area contributed by atoms with Gasteiger partial charge in [0.1, 0.15) is 11.5 Å². The third-order valence-corrected chi connectivity index (χ3v) is 6.00. The van der Waals surface area contributed by atoms with E-state index in [1.807, 2.05) is 0 Å². The average molecular weight is 446 g/mol. The minimum atomic E-state index is -2.87. The molecule has 1 aliphatic rings. The normalized spacial score (nSPS) is 14.3. The lowest BCUT2D eigenvalue weighted by atomic mass is 10.1. The summed E-state index contributed by atoms with van der Waals surface area (Å²) < 4.78 is 46.2. The van der Waals surface area contributed by atoms with Crippen LogP contribution in [0.3, 0.4) is 0 Å². The molecule has 11 heteroatoms. The van der Waals surface area contributed by atoms with Crippen molar-refractivity contribution in [3.05, 3.63) is 58.0 Å². The van der Waals surface area contributed by atoms with Crippen molar-refractivity contribution in [3.8, 4) is 22.7 Å². The summed E-state index contributed by atoms with van der Waals surface area (Å²) in [5, 5.41) is 17.1. The number of halogens is 3. The summed E-state index contributed by atoms with van der Waals surface area (Å²) in [5.74, 6) is -1.48. The van der Waals surface area contributed by atoms with Crippen molar-refractivity contribution in [1.29, 1.82) is 0 Å². The Morgan fingerprint density at radius 3 is 2.65 bits per heavy atom.